The Morgan fingerprint density at radius 3 is 1.75 bits per heavy atom. The van der Waals surface area contributed by atoms with E-state index in [9.17, 15) is 0 Å². The number of nitrogens with zero attached hydrogens (tertiary/aromatic N) is 3. The Hall–Kier alpha value is -4.50. The highest BCUT2D eigenvalue weighted by molar-refractivity contribution is 6.25. The molecule has 3 nitrogen and oxygen atoms in total. The Labute approximate surface area is 208 Å². The van der Waals surface area contributed by atoms with Crippen LogP contribution in [0.4, 0.5) is 0 Å². The second-order valence-electron chi connectivity index (χ2n) is 9.96. The van der Waals surface area contributed by atoms with Gasteiger partial charge in [-0.25, -0.2) is 0 Å². The van der Waals surface area contributed by atoms with Crippen LogP contribution in [0.3, 0.4) is 0 Å². The fraction of sp³-hybridized carbons (Fsp3) is 0.0909. The summed E-state index contributed by atoms with van der Waals surface area (Å²) in [5.41, 5.74) is 9.03. The van der Waals surface area contributed by atoms with Crippen molar-refractivity contribution in [1.29, 1.82) is 0 Å². The van der Waals surface area contributed by atoms with Gasteiger partial charge in [0.05, 0.1) is 11.0 Å². The number of hydrogen-bond donors (Lipinski definition) is 0. The van der Waals surface area contributed by atoms with E-state index in [-0.39, 0.29) is 0 Å². The van der Waals surface area contributed by atoms with Crippen molar-refractivity contribution in [1.82, 2.24) is 13.7 Å². The molecule has 8 rings (SSSR count). The fourth-order valence-electron chi connectivity index (χ4n) is 6.46. The number of aromatic nitrogens is 3. The Kier molecular flexibility index (Phi) is 3.85. The topological polar surface area (TPSA) is 14.8 Å². The van der Waals surface area contributed by atoms with Crippen LogP contribution in [0.25, 0.3) is 65.4 Å². The van der Waals surface area contributed by atoms with E-state index in [4.69, 9.17) is 0 Å². The average molecular weight is 464 g/mol. The van der Waals surface area contributed by atoms with Gasteiger partial charge < -0.3 is 13.7 Å². The molecule has 0 fully saturated rings. The smallest absolute Gasteiger partial charge is 0.0590 e. The van der Waals surface area contributed by atoms with Gasteiger partial charge in [-0.05, 0) is 35.9 Å². The molecule has 0 spiro atoms. The van der Waals surface area contributed by atoms with E-state index < -0.39 is 0 Å². The number of rotatable bonds is 2. The first-order valence-electron chi connectivity index (χ1n) is 12.5. The Morgan fingerprint density at radius 1 is 0.472 bits per heavy atom. The molecule has 0 aliphatic rings. The maximum atomic E-state index is 2.45. The molecular formula is C33H25N3. The summed E-state index contributed by atoms with van der Waals surface area (Å²) in [5, 5.41) is 7.93. The van der Waals surface area contributed by atoms with Crippen molar-refractivity contribution in [2.45, 2.75) is 6.54 Å². The molecule has 0 unspecified atom stereocenters. The summed E-state index contributed by atoms with van der Waals surface area (Å²) >= 11 is 0. The van der Waals surface area contributed by atoms with Gasteiger partial charge in [-0.3, -0.25) is 0 Å². The molecule has 172 valence electrons. The molecule has 0 atom stereocenters. The maximum absolute atomic E-state index is 2.45. The van der Waals surface area contributed by atoms with E-state index in [1.54, 1.807) is 0 Å². The highest BCUT2D eigenvalue weighted by Crippen LogP contribution is 2.39. The first-order chi connectivity index (χ1) is 17.7. The van der Waals surface area contributed by atoms with E-state index >= 15 is 0 Å². The van der Waals surface area contributed by atoms with Gasteiger partial charge in [0, 0.05) is 75.0 Å². The largest absolute Gasteiger partial charge is 0.344 e. The normalized spacial score (nSPS) is 12.3. The standard InChI is InChI=1S/C33H25N3/c1-34-30-18-17-25-24-11-3-6-12-27(24)35(2)33(25)32(30)26-16-15-21(19-31(26)34)20-36-28-13-7-4-9-22(28)23-10-5-8-14-29(23)36/h3-19H,20H2,1-2H3. The quantitative estimate of drug-likeness (QED) is 0.246. The van der Waals surface area contributed by atoms with Gasteiger partial charge >= 0.3 is 0 Å². The Bertz CT molecular complexity index is 2100. The molecule has 0 bridgehead atoms. The predicted molar refractivity (Wildman–Crippen MR) is 153 cm³/mol. The summed E-state index contributed by atoms with van der Waals surface area (Å²) in [6, 6.07) is 37.8. The third-order valence-corrected chi connectivity index (χ3v) is 8.12. The molecule has 0 aliphatic heterocycles. The van der Waals surface area contributed by atoms with E-state index in [0.29, 0.717) is 0 Å². The molecule has 0 radical (unpaired) electrons. The SMILES string of the molecule is Cn1c2cc(Cn3c4ccccc4c4ccccc43)ccc2c2c1ccc1c3ccccc3n(C)c12. The lowest BCUT2D eigenvalue weighted by Crippen LogP contribution is -1.99. The lowest BCUT2D eigenvalue weighted by Gasteiger charge is -2.09. The molecule has 0 aliphatic carbocycles. The van der Waals surface area contributed by atoms with Gasteiger partial charge in [0.25, 0.3) is 0 Å². The van der Waals surface area contributed by atoms with Crippen molar-refractivity contribution in [3.8, 4) is 0 Å². The molecule has 36 heavy (non-hydrogen) atoms. The van der Waals surface area contributed by atoms with Crippen LogP contribution in [0.5, 0.6) is 0 Å². The van der Waals surface area contributed by atoms with Crippen LogP contribution in [-0.2, 0) is 20.6 Å². The number of aryl methyl sites for hydroxylation is 2. The van der Waals surface area contributed by atoms with E-state index in [0.717, 1.165) is 6.54 Å². The van der Waals surface area contributed by atoms with Crippen molar-refractivity contribution >= 4 is 65.4 Å². The molecule has 3 aromatic heterocycles. The van der Waals surface area contributed by atoms with Crippen LogP contribution in [0, 0.1) is 0 Å². The van der Waals surface area contributed by atoms with Crippen LogP contribution in [0.1, 0.15) is 5.56 Å². The maximum Gasteiger partial charge on any atom is 0.0590 e. The predicted octanol–water partition coefficient (Wildman–Crippen LogP) is 8.13. The van der Waals surface area contributed by atoms with Crippen molar-refractivity contribution in [3.63, 3.8) is 0 Å². The monoisotopic (exact) mass is 463 g/mol. The third kappa shape index (κ3) is 2.47. The van der Waals surface area contributed by atoms with Gasteiger partial charge in [0.2, 0.25) is 0 Å². The van der Waals surface area contributed by atoms with Crippen molar-refractivity contribution in [2.75, 3.05) is 0 Å². The summed E-state index contributed by atoms with van der Waals surface area (Å²) < 4.78 is 7.17. The molecule has 0 amide bonds. The third-order valence-electron chi connectivity index (χ3n) is 8.12. The zero-order valence-electron chi connectivity index (χ0n) is 20.4. The van der Waals surface area contributed by atoms with Crippen LogP contribution >= 0.6 is 0 Å². The molecule has 0 saturated carbocycles. The van der Waals surface area contributed by atoms with Gasteiger partial charge in [-0.15, -0.1) is 0 Å². The van der Waals surface area contributed by atoms with E-state index in [1.165, 1.54) is 71.0 Å². The minimum absolute atomic E-state index is 0.842. The highest BCUT2D eigenvalue weighted by Gasteiger charge is 2.17. The number of para-hydroxylation sites is 3. The number of fused-ring (bicyclic) bond motifs is 10. The molecule has 0 N–H and O–H groups in total. The summed E-state index contributed by atoms with van der Waals surface area (Å²) in [6.45, 7) is 0.842. The average Bonchev–Trinajstić information content (AvgIpc) is 3.51. The van der Waals surface area contributed by atoms with Crippen LogP contribution < -0.4 is 0 Å². The lowest BCUT2D eigenvalue weighted by molar-refractivity contribution is 0.869. The van der Waals surface area contributed by atoms with Crippen molar-refractivity contribution in [3.05, 3.63) is 109 Å². The van der Waals surface area contributed by atoms with Gasteiger partial charge in [-0.2, -0.15) is 0 Å². The van der Waals surface area contributed by atoms with Crippen molar-refractivity contribution in [2.24, 2.45) is 14.1 Å². The second kappa shape index (κ2) is 7.02. The fourth-order valence-corrected chi connectivity index (χ4v) is 6.46. The molecule has 5 aromatic carbocycles. The van der Waals surface area contributed by atoms with Crippen molar-refractivity contribution < 1.29 is 0 Å². The lowest BCUT2D eigenvalue weighted by atomic mass is 10.1. The molecular weight excluding hydrogens is 438 g/mol. The molecule has 0 saturated heterocycles. The Morgan fingerprint density at radius 2 is 1.06 bits per heavy atom. The molecule has 8 aromatic rings. The molecule has 3 heteroatoms. The van der Waals surface area contributed by atoms with E-state index in [2.05, 4.69) is 131 Å². The highest BCUT2D eigenvalue weighted by atomic mass is 15.0. The zero-order valence-corrected chi connectivity index (χ0v) is 20.4. The zero-order chi connectivity index (χ0) is 24.0. The van der Waals surface area contributed by atoms with Crippen LogP contribution in [0.15, 0.2) is 103 Å². The van der Waals surface area contributed by atoms with Gasteiger partial charge in [-0.1, -0.05) is 72.8 Å². The van der Waals surface area contributed by atoms with Gasteiger partial charge in [0.15, 0.2) is 0 Å². The number of benzene rings is 5. The van der Waals surface area contributed by atoms with Gasteiger partial charge in [0.1, 0.15) is 0 Å². The first kappa shape index (κ1) is 19.8. The minimum atomic E-state index is 0.842. The summed E-state index contributed by atoms with van der Waals surface area (Å²) in [4.78, 5) is 0. The summed E-state index contributed by atoms with van der Waals surface area (Å²) in [7, 11) is 4.39. The number of hydrogen-bond acceptors (Lipinski definition) is 0. The first-order valence-corrected chi connectivity index (χ1v) is 12.5. The summed E-state index contributed by atoms with van der Waals surface area (Å²) in [5.74, 6) is 0. The molecule has 3 heterocycles. The van der Waals surface area contributed by atoms with Crippen LogP contribution in [0.2, 0.25) is 0 Å². The summed E-state index contributed by atoms with van der Waals surface area (Å²) in [6.07, 6.45) is 0. The van der Waals surface area contributed by atoms with Crippen LogP contribution in [-0.4, -0.2) is 13.7 Å². The minimum Gasteiger partial charge on any atom is -0.344 e. The van der Waals surface area contributed by atoms with E-state index in [1.807, 2.05) is 0 Å². The second-order valence-corrected chi connectivity index (χ2v) is 9.96. The Balaban J connectivity index is 1.38.